The van der Waals surface area contributed by atoms with Crippen LogP contribution in [0.3, 0.4) is 0 Å². The molecule has 10 heteroatoms. The number of nitrogens with zero attached hydrogens (tertiary/aromatic N) is 1. The van der Waals surface area contributed by atoms with E-state index in [4.69, 9.17) is 16.7 Å². The molecule has 0 radical (unpaired) electrons. The first kappa shape index (κ1) is 19.6. The molecule has 0 aliphatic heterocycles. The van der Waals surface area contributed by atoms with Gasteiger partial charge < -0.3 is 0 Å². The van der Waals surface area contributed by atoms with Crippen LogP contribution in [0.5, 0.6) is 0 Å². The summed E-state index contributed by atoms with van der Waals surface area (Å²) in [5, 5.41) is 4.63. The van der Waals surface area contributed by atoms with Crippen molar-refractivity contribution in [3.05, 3.63) is 53.3 Å². The minimum absolute atomic E-state index is 0.105. The SMILES string of the molecule is CC(C)S(=O)(=O)N(c1ccc(Cl)cc1)c1cc(F)ccc1S(N)(=O)=O. The molecule has 2 aromatic rings. The molecule has 0 aliphatic rings. The maximum absolute atomic E-state index is 13.8. The van der Waals surface area contributed by atoms with E-state index < -0.39 is 41.7 Å². The molecule has 0 unspecified atom stereocenters. The molecule has 0 fully saturated rings. The standard InChI is InChI=1S/C15H16ClFN2O4S2/c1-10(2)25(22,23)19(13-6-3-11(16)4-7-13)14-9-12(17)5-8-15(14)24(18,20)21/h3-10H,1-2H3,(H2,18,20,21). The summed E-state index contributed by atoms with van der Waals surface area (Å²) < 4.78 is 64.0. The Kier molecular flexibility index (Phi) is 5.43. The second-order valence-electron chi connectivity index (χ2n) is 5.49. The number of hydrogen-bond donors (Lipinski definition) is 1. The van der Waals surface area contributed by atoms with Gasteiger partial charge in [-0.25, -0.2) is 30.7 Å². The first-order valence-corrected chi connectivity index (χ1v) is 10.5. The zero-order valence-corrected chi connectivity index (χ0v) is 15.7. The molecule has 2 N–H and O–H groups in total. The summed E-state index contributed by atoms with van der Waals surface area (Å²) in [6, 6.07) is 8.30. The molecule has 0 aliphatic carbocycles. The topological polar surface area (TPSA) is 97.5 Å². The number of rotatable bonds is 5. The number of anilines is 2. The molecule has 0 heterocycles. The van der Waals surface area contributed by atoms with E-state index in [1.165, 1.54) is 38.1 Å². The zero-order chi connectivity index (χ0) is 19.0. The molecular weight excluding hydrogens is 391 g/mol. The van der Waals surface area contributed by atoms with E-state index >= 15 is 0 Å². The predicted molar refractivity (Wildman–Crippen MR) is 95.4 cm³/mol. The van der Waals surface area contributed by atoms with Gasteiger partial charge in [-0.05, 0) is 56.3 Å². The minimum Gasteiger partial charge on any atom is -0.237 e. The third kappa shape index (κ3) is 4.12. The van der Waals surface area contributed by atoms with Gasteiger partial charge in [0.05, 0.1) is 16.6 Å². The Bertz CT molecular complexity index is 991. The van der Waals surface area contributed by atoms with Crippen LogP contribution >= 0.6 is 11.6 Å². The van der Waals surface area contributed by atoms with Crippen molar-refractivity contribution >= 4 is 43.0 Å². The third-order valence-corrected chi connectivity index (χ3v) is 6.68. The van der Waals surface area contributed by atoms with Crippen LogP contribution in [0.1, 0.15) is 13.8 Å². The van der Waals surface area contributed by atoms with Crippen LogP contribution in [0.4, 0.5) is 15.8 Å². The molecule has 0 amide bonds. The number of halogens is 2. The van der Waals surface area contributed by atoms with Gasteiger partial charge in [-0.15, -0.1) is 0 Å². The average molecular weight is 407 g/mol. The Labute approximate surface area is 151 Å². The van der Waals surface area contributed by atoms with Gasteiger partial charge in [0.25, 0.3) is 0 Å². The van der Waals surface area contributed by atoms with Crippen LogP contribution in [0.15, 0.2) is 47.4 Å². The lowest BCUT2D eigenvalue weighted by atomic mass is 10.2. The lowest BCUT2D eigenvalue weighted by molar-refractivity contribution is 0.586. The molecule has 0 saturated heterocycles. The quantitative estimate of drug-likeness (QED) is 0.825. The van der Waals surface area contributed by atoms with E-state index in [1.54, 1.807) is 0 Å². The van der Waals surface area contributed by atoms with Gasteiger partial charge in [-0.3, -0.25) is 0 Å². The lowest BCUT2D eigenvalue weighted by Crippen LogP contribution is -2.34. The lowest BCUT2D eigenvalue weighted by Gasteiger charge is -2.28. The maximum atomic E-state index is 13.8. The Morgan fingerprint density at radius 1 is 1.04 bits per heavy atom. The van der Waals surface area contributed by atoms with Gasteiger partial charge in [0.1, 0.15) is 10.7 Å². The second-order valence-corrected chi connectivity index (χ2v) is 9.80. The normalized spacial score (nSPS) is 12.4. The summed E-state index contributed by atoms with van der Waals surface area (Å²) >= 11 is 5.82. The average Bonchev–Trinajstić information content (AvgIpc) is 2.48. The molecule has 0 atom stereocenters. The van der Waals surface area contributed by atoms with Gasteiger partial charge in [0.15, 0.2) is 0 Å². The van der Waals surface area contributed by atoms with E-state index in [-0.39, 0.29) is 5.69 Å². The smallest absolute Gasteiger partial charge is 0.237 e. The molecule has 0 spiro atoms. The molecule has 136 valence electrons. The fourth-order valence-electron chi connectivity index (χ4n) is 2.10. The van der Waals surface area contributed by atoms with Gasteiger partial charge >= 0.3 is 0 Å². The highest BCUT2D eigenvalue weighted by molar-refractivity contribution is 7.94. The summed E-state index contributed by atoms with van der Waals surface area (Å²) in [4.78, 5) is -0.506. The van der Waals surface area contributed by atoms with Crippen molar-refractivity contribution in [1.29, 1.82) is 0 Å². The third-order valence-electron chi connectivity index (χ3n) is 3.36. The van der Waals surface area contributed by atoms with Gasteiger partial charge in [0, 0.05) is 5.02 Å². The van der Waals surface area contributed by atoms with E-state index in [9.17, 15) is 21.2 Å². The number of hydrogen-bond acceptors (Lipinski definition) is 4. The summed E-state index contributed by atoms with van der Waals surface area (Å²) in [6.45, 7) is 2.85. The van der Waals surface area contributed by atoms with Crippen LogP contribution in [0.2, 0.25) is 5.02 Å². The molecule has 6 nitrogen and oxygen atoms in total. The van der Waals surface area contributed by atoms with Crippen LogP contribution in [-0.4, -0.2) is 22.1 Å². The van der Waals surface area contributed by atoms with E-state index in [0.717, 1.165) is 22.5 Å². The molecule has 2 rings (SSSR count). The molecule has 0 bridgehead atoms. The first-order valence-electron chi connectivity index (χ1n) is 7.06. The fraction of sp³-hybridized carbons (Fsp3) is 0.200. The highest BCUT2D eigenvalue weighted by Crippen LogP contribution is 2.36. The van der Waals surface area contributed by atoms with Crippen molar-refractivity contribution in [2.45, 2.75) is 24.0 Å². The van der Waals surface area contributed by atoms with Gasteiger partial charge in [-0.2, -0.15) is 0 Å². The largest absolute Gasteiger partial charge is 0.241 e. The summed E-state index contributed by atoms with van der Waals surface area (Å²) in [5.41, 5.74) is -0.285. The highest BCUT2D eigenvalue weighted by Gasteiger charge is 2.32. The number of nitrogens with two attached hydrogens (primary N) is 1. The van der Waals surface area contributed by atoms with Crippen molar-refractivity contribution in [1.82, 2.24) is 0 Å². The van der Waals surface area contributed by atoms with Crippen LogP contribution in [0, 0.1) is 5.82 Å². The van der Waals surface area contributed by atoms with Crippen molar-refractivity contribution in [2.24, 2.45) is 5.14 Å². The second kappa shape index (κ2) is 6.91. The molecule has 25 heavy (non-hydrogen) atoms. The van der Waals surface area contributed by atoms with Crippen LogP contribution in [-0.2, 0) is 20.0 Å². The minimum atomic E-state index is -4.30. The predicted octanol–water partition coefficient (Wildman–Crippen LogP) is 3.00. The monoisotopic (exact) mass is 406 g/mol. The molecule has 0 aromatic heterocycles. The van der Waals surface area contributed by atoms with Crippen molar-refractivity contribution in [3.63, 3.8) is 0 Å². The summed E-state index contributed by atoms with van der Waals surface area (Å²) in [5.74, 6) is -0.805. The maximum Gasteiger partial charge on any atom is 0.241 e. The van der Waals surface area contributed by atoms with Crippen LogP contribution < -0.4 is 9.44 Å². The number of sulfonamides is 2. The summed E-state index contributed by atoms with van der Waals surface area (Å²) in [6.07, 6.45) is 0. The van der Waals surface area contributed by atoms with E-state index in [1.807, 2.05) is 0 Å². The fourth-order valence-corrected chi connectivity index (χ4v) is 4.25. The first-order chi connectivity index (χ1) is 11.4. The van der Waals surface area contributed by atoms with Gasteiger partial charge in [-0.1, -0.05) is 11.6 Å². The Morgan fingerprint density at radius 3 is 2.08 bits per heavy atom. The number of benzene rings is 2. The summed E-state index contributed by atoms with van der Waals surface area (Å²) in [7, 11) is -8.35. The van der Waals surface area contributed by atoms with E-state index in [0.29, 0.717) is 5.02 Å². The zero-order valence-electron chi connectivity index (χ0n) is 13.3. The molecular formula is C15H16ClFN2O4S2. The van der Waals surface area contributed by atoms with Crippen LogP contribution in [0.25, 0.3) is 0 Å². The van der Waals surface area contributed by atoms with Crippen molar-refractivity contribution < 1.29 is 21.2 Å². The van der Waals surface area contributed by atoms with Crippen molar-refractivity contribution in [3.8, 4) is 0 Å². The van der Waals surface area contributed by atoms with E-state index in [2.05, 4.69) is 0 Å². The molecule has 0 saturated carbocycles. The Morgan fingerprint density at radius 2 is 1.60 bits per heavy atom. The molecule has 2 aromatic carbocycles. The Hall–Kier alpha value is -1.68. The van der Waals surface area contributed by atoms with Gasteiger partial charge in [0.2, 0.25) is 20.0 Å². The van der Waals surface area contributed by atoms with Crippen molar-refractivity contribution in [2.75, 3.05) is 4.31 Å². The Balaban J connectivity index is 2.87. The highest BCUT2D eigenvalue weighted by atomic mass is 35.5. The number of primary sulfonamides is 1.